The van der Waals surface area contributed by atoms with Crippen molar-refractivity contribution in [2.45, 2.75) is 12.3 Å². The second kappa shape index (κ2) is 7.62. The monoisotopic (exact) mass is 384 g/mol. The summed E-state index contributed by atoms with van der Waals surface area (Å²) >= 11 is 1.45. The number of quaternary nitrogens is 1. The van der Waals surface area contributed by atoms with E-state index >= 15 is 0 Å². The molecule has 4 rings (SSSR count). The van der Waals surface area contributed by atoms with Gasteiger partial charge < -0.3 is 9.80 Å². The van der Waals surface area contributed by atoms with E-state index in [9.17, 15) is 14.4 Å². The molecule has 7 heteroatoms. The van der Waals surface area contributed by atoms with Gasteiger partial charge in [-0.15, -0.1) is 11.3 Å². The summed E-state index contributed by atoms with van der Waals surface area (Å²) in [5, 5.41) is 1.91. The summed E-state index contributed by atoms with van der Waals surface area (Å²) in [6, 6.07) is 13.2. The van der Waals surface area contributed by atoms with Gasteiger partial charge in [-0.25, -0.2) is 4.90 Å². The van der Waals surface area contributed by atoms with E-state index in [1.165, 1.54) is 21.1 Å². The second-order valence-electron chi connectivity index (χ2n) is 7.01. The maximum absolute atomic E-state index is 12.7. The third kappa shape index (κ3) is 3.65. The molecule has 0 spiro atoms. The molecule has 1 atom stereocenters. The molecule has 1 aromatic heterocycles. The highest BCUT2D eigenvalue weighted by Gasteiger charge is 2.41. The van der Waals surface area contributed by atoms with E-state index in [0.717, 1.165) is 23.5 Å². The Morgan fingerprint density at radius 2 is 1.81 bits per heavy atom. The molecular weight excluding hydrogens is 362 g/mol. The molecule has 0 aliphatic carbocycles. The molecule has 0 bridgehead atoms. The van der Waals surface area contributed by atoms with Gasteiger partial charge in [0.2, 0.25) is 11.8 Å². The topological polar surface area (TPSA) is 62.1 Å². The fourth-order valence-electron chi connectivity index (χ4n) is 3.76. The van der Waals surface area contributed by atoms with Crippen LogP contribution in [0.4, 0.5) is 0 Å². The summed E-state index contributed by atoms with van der Waals surface area (Å²) in [5.41, 5.74) is 0.903. The highest BCUT2D eigenvalue weighted by Crippen LogP contribution is 2.28. The number of piperazine rings is 1. The van der Waals surface area contributed by atoms with E-state index in [-0.39, 0.29) is 30.1 Å². The van der Waals surface area contributed by atoms with Crippen LogP contribution in [0, 0.1) is 0 Å². The first kappa shape index (κ1) is 17.9. The van der Waals surface area contributed by atoms with Crippen LogP contribution >= 0.6 is 11.3 Å². The van der Waals surface area contributed by atoms with Gasteiger partial charge >= 0.3 is 0 Å². The smallest absolute Gasteiger partial charge is 0.264 e. The van der Waals surface area contributed by atoms with Gasteiger partial charge in [0.15, 0.2) is 6.67 Å². The Hall–Kier alpha value is -2.51. The predicted molar refractivity (Wildman–Crippen MR) is 101 cm³/mol. The number of hydrogen-bond acceptors (Lipinski definition) is 4. The first-order valence-electron chi connectivity index (χ1n) is 9.19. The van der Waals surface area contributed by atoms with Crippen LogP contribution in [0.15, 0.2) is 47.8 Å². The van der Waals surface area contributed by atoms with Crippen LogP contribution in [-0.2, 0) is 9.59 Å². The van der Waals surface area contributed by atoms with E-state index in [0.29, 0.717) is 19.8 Å². The lowest BCUT2D eigenvalue weighted by Gasteiger charge is -2.33. The van der Waals surface area contributed by atoms with Crippen molar-refractivity contribution in [3.63, 3.8) is 0 Å². The molecule has 3 heterocycles. The number of rotatable bonds is 4. The molecule has 27 heavy (non-hydrogen) atoms. The number of thiophene rings is 1. The summed E-state index contributed by atoms with van der Waals surface area (Å²) in [6.07, 6.45) is 0.249. The van der Waals surface area contributed by atoms with Crippen molar-refractivity contribution in [3.05, 3.63) is 58.3 Å². The first-order valence-corrected chi connectivity index (χ1v) is 10.1. The van der Waals surface area contributed by atoms with Crippen LogP contribution in [0.25, 0.3) is 0 Å². The van der Waals surface area contributed by atoms with Crippen molar-refractivity contribution < 1.29 is 19.3 Å². The molecule has 1 aromatic carbocycles. The third-order valence-corrected chi connectivity index (χ3v) is 6.18. The maximum Gasteiger partial charge on any atom is 0.264 e. The number of nitrogens with one attached hydrogen (secondary N) is 1. The zero-order chi connectivity index (χ0) is 18.8. The summed E-state index contributed by atoms with van der Waals surface area (Å²) in [7, 11) is 0. The van der Waals surface area contributed by atoms with Crippen molar-refractivity contribution in [1.29, 1.82) is 0 Å². The largest absolute Gasteiger partial charge is 0.327 e. The number of amides is 3. The molecule has 0 radical (unpaired) electrons. The van der Waals surface area contributed by atoms with Crippen LogP contribution in [0.3, 0.4) is 0 Å². The van der Waals surface area contributed by atoms with Gasteiger partial charge in [0, 0.05) is 6.42 Å². The predicted octanol–water partition coefficient (Wildman–Crippen LogP) is 0.589. The van der Waals surface area contributed by atoms with Gasteiger partial charge in [-0.3, -0.25) is 14.4 Å². The standard InChI is InChI=1S/C20H21N3O3S/c24-18-13-16(15-5-2-1-3-6-15)19(25)23(18)14-21-8-10-22(11-9-21)20(26)17-7-4-12-27-17/h1-7,12,16H,8-11,13-14H2/p+1/t16-/m1/s1. The molecule has 6 nitrogen and oxygen atoms in total. The number of hydrogen-bond donors (Lipinski definition) is 1. The maximum atomic E-state index is 12.7. The van der Waals surface area contributed by atoms with Crippen molar-refractivity contribution in [3.8, 4) is 0 Å². The zero-order valence-corrected chi connectivity index (χ0v) is 15.8. The van der Waals surface area contributed by atoms with Gasteiger partial charge in [0.1, 0.15) is 0 Å². The first-order chi connectivity index (χ1) is 13.1. The molecule has 1 N–H and O–H groups in total. The number of nitrogens with zero attached hydrogens (tertiary/aromatic N) is 2. The normalized spacial score (nSPS) is 21.1. The number of benzene rings is 1. The summed E-state index contributed by atoms with van der Waals surface area (Å²) in [6.45, 7) is 3.16. The Kier molecular flexibility index (Phi) is 5.05. The van der Waals surface area contributed by atoms with Crippen LogP contribution in [0.1, 0.15) is 27.6 Å². The third-order valence-electron chi connectivity index (χ3n) is 5.32. The van der Waals surface area contributed by atoms with Crippen molar-refractivity contribution in [1.82, 2.24) is 9.80 Å². The average Bonchev–Trinajstić information content (AvgIpc) is 3.33. The van der Waals surface area contributed by atoms with Gasteiger partial charge in [0.25, 0.3) is 5.91 Å². The van der Waals surface area contributed by atoms with Crippen LogP contribution in [0.2, 0.25) is 0 Å². The Morgan fingerprint density at radius 1 is 1.07 bits per heavy atom. The molecular formula is C20H22N3O3S+. The lowest BCUT2D eigenvalue weighted by atomic mass is 9.98. The van der Waals surface area contributed by atoms with Crippen molar-refractivity contribution in [2.75, 3.05) is 32.8 Å². The lowest BCUT2D eigenvalue weighted by Crippen LogP contribution is -3.16. The minimum Gasteiger partial charge on any atom is -0.327 e. The summed E-state index contributed by atoms with van der Waals surface area (Å²) < 4.78 is 0. The SMILES string of the molecule is O=C(c1cccs1)N1CC[NH+](CN2C(=O)C[C@H](c3ccccc3)C2=O)CC1. The lowest BCUT2D eigenvalue weighted by molar-refractivity contribution is -0.911. The van der Waals surface area contributed by atoms with Crippen LogP contribution in [0.5, 0.6) is 0 Å². The van der Waals surface area contributed by atoms with Gasteiger partial charge in [-0.1, -0.05) is 36.4 Å². The van der Waals surface area contributed by atoms with Crippen LogP contribution < -0.4 is 4.90 Å². The van der Waals surface area contributed by atoms with E-state index in [1.54, 1.807) is 0 Å². The van der Waals surface area contributed by atoms with Gasteiger partial charge in [0.05, 0.1) is 37.0 Å². The second-order valence-corrected chi connectivity index (χ2v) is 7.95. The molecule has 3 amide bonds. The molecule has 2 aliphatic heterocycles. The molecule has 0 unspecified atom stereocenters. The minimum atomic E-state index is -0.361. The van der Waals surface area contributed by atoms with E-state index in [1.807, 2.05) is 52.7 Å². The fourth-order valence-corrected chi connectivity index (χ4v) is 4.45. The molecule has 2 fully saturated rings. The number of imide groups is 1. The van der Waals surface area contributed by atoms with Crippen molar-refractivity contribution in [2.24, 2.45) is 0 Å². The molecule has 0 saturated carbocycles. The highest BCUT2D eigenvalue weighted by atomic mass is 32.1. The van der Waals surface area contributed by atoms with Gasteiger partial charge in [-0.05, 0) is 17.0 Å². The molecule has 140 valence electrons. The van der Waals surface area contributed by atoms with E-state index in [2.05, 4.69) is 0 Å². The number of carbonyl (C=O) groups is 3. The summed E-state index contributed by atoms with van der Waals surface area (Å²) in [4.78, 5) is 42.8. The Bertz CT molecular complexity index is 829. The molecule has 2 aromatic rings. The van der Waals surface area contributed by atoms with Crippen LogP contribution in [-0.4, -0.2) is 60.4 Å². The minimum absolute atomic E-state index is 0.0708. The fraction of sp³-hybridized carbons (Fsp3) is 0.350. The average molecular weight is 384 g/mol. The van der Waals surface area contributed by atoms with Gasteiger partial charge in [-0.2, -0.15) is 0 Å². The molecule has 2 saturated heterocycles. The Morgan fingerprint density at radius 3 is 2.48 bits per heavy atom. The number of carbonyl (C=O) groups excluding carboxylic acids is 3. The Labute approximate surface area is 162 Å². The Balaban J connectivity index is 1.34. The summed E-state index contributed by atoms with van der Waals surface area (Å²) in [5.74, 6) is -0.490. The highest BCUT2D eigenvalue weighted by molar-refractivity contribution is 7.12. The van der Waals surface area contributed by atoms with Crippen molar-refractivity contribution >= 4 is 29.1 Å². The van der Waals surface area contributed by atoms with E-state index in [4.69, 9.17) is 0 Å². The quantitative estimate of drug-likeness (QED) is 0.785. The number of likely N-dealkylation sites (tertiary alicyclic amines) is 1. The van der Waals surface area contributed by atoms with E-state index < -0.39 is 0 Å². The zero-order valence-electron chi connectivity index (χ0n) is 15.0. The molecule has 2 aliphatic rings.